The van der Waals surface area contributed by atoms with Gasteiger partial charge in [-0.3, -0.25) is 14.9 Å². The molecule has 0 aliphatic carbocycles. The van der Waals surface area contributed by atoms with E-state index in [1.807, 2.05) is 0 Å². The number of benzene rings is 3. The van der Waals surface area contributed by atoms with E-state index in [1.165, 1.54) is 13.2 Å². The molecule has 0 unspecified atom stereocenters. The summed E-state index contributed by atoms with van der Waals surface area (Å²) in [7, 11) is 1.48. The summed E-state index contributed by atoms with van der Waals surface area (Å²) in [4.78, 5) is 39.3. The van der Waals surface area contributed by atoms with Crippen molar-refractivity contribution in [1.82, 2.24) is 5.32 Å². The number of nitrogens with one attached hydrogen (secondary N) is 1. The van der Waals surface area contributed by atoms with Crippen molar-refractivity contribution in [3.63, 3.8) is 0 Å². The highest BCUT2D eigenvalue weighted by molar-refractivity contribution is 9.10. The molecule has 1 heterocycles. The first kappa shape index (κ1) is 25.8. The number of halogens is 3. The number of para-hydroxylation sites is 1. The van der Waals surface area contributed by atoms with E-state index >= 15 is 0 Å². The molecule has 0 bridgehead atoms. The minimum absolute atomic E-state index is 0.203. The topological polar surface area (TPSA) is 84.9 Å². The van der Waals surface area contributed by atoms with Gasteiger partial charge in [0.1, 0.15) is 12.2 Å². The number of rotatable bonds is 6. The zero-order valence-corrected chi connectivity index (χ0v) is 22.2. The number of hydrogen-bond donors (Lipinski definition) is 1. The van der Waals surface area contributed by atoms with Crippen LogP contribution in [0.5, 0.6) is 11.5 Å². The molecule has 184 valence electrons. The van der Waals surface area contributed by atoms with Crippen molar-refractivity contribution in [2.45, 2.75) is 13.5 Å². The number of aryl methyl sites for hydroxylation is 1. The SMILES string of the molecule is COc1cc(/C=C2\C(=O)NC(=O)N(c3ccccc3C)C2=O)c(Br)cc1OCc1ccc(Cl)c(Cl)c1. The quantitative estimate of drug-likeness (QED) is 0.269. The third kappa shape index (κ3) is 5.26. The van der Waals surface area contributed by atoms with E-state index in [9.17, 15) is 14.4 Å². The van der Waals surface area contributed by atoms with Crippen molar-refractivity contribution in [2.24, 2.45) is 0 Å². The maximum atomic E-state index is 13.2. The van der Waals surface area contributed by atoms with Crippen LogP contribution in [0, 0.1) is 6.92 Å². The normalized spacial score (nSPS) is 14.8. The highest BCUT2D eigenvalue weighted by atomic mass is 79.9. The van der Waals surface area contributed by atoms with E-state index in [2.05, 4.69) is 21.2 Å². The number of ether oxygens (including phenoxy) is 2. The second-order valence-corrected chi connectivity index (χ2v) is 9.47. The minimum atomic E-state index is -0.806. The number of carbonyl (C=O) groups is 3. The molecule has 0 saturated carbocycles. The average Bonchev–Trinajstić information content (AvgIpc) is 2.84. The summed E-state index contributed by atoms with van der Waals surface area (Å²) in [5.74, 6) is -0.723. The van der Waals surface area contributed by atoms with Crippen molar-refractivity contribution in [3.05, 3.63) is 91.4 Å². The fourth-order valence-corrected chi connectivity index (χ4v) is 4.33. The minimum Gasteiger partial charge on any atom is -0.493 e. The Kier molecular flexibility index (Phi) is 7.68. The third-order valence-corrected chi connectivity index (χ3v) is 6.84. The number of imide groups is 2. The van der Waals surface area contributed by atoms with Crippen molar-refractivity contribution < 1.29 is 23.9 Å². The van der Waals surface area contributed by atoms with Gasteiger partial charge in [0.15, 0.2) is 11.5 Å². The first-order valence-electron chi connectivity index (χ1n) is 10.6. The summed E-state index contributed by atoms with van der Waals surface area (Å²) < 4.78 is 11.9. The molecule has 0 radical (unpaired) electrons. The van der Waals surface area contributed by atoms with Gasteiger partial charge in [-0.25, -0.2) is 9.69 Å². The third-order valence-electron chi connectivity index (χ3n) is 5.42. The van der Waals surface area contributed by atoms with Crippen LogP contribution in [0.4, 0.5) is 10.5 Å². The molecule has 3 aromatic carbocycles. The Bertz CT molecular complexity index is 1420. The second kappa shape index (κ2) is 10.7. The van der Waals surface area contributed by atoms with Crippen molar-refractivity contribution >= 4 is 68.7 Å². The molecule has 0 aromatic heterocycles. The van der Waals surface area contributed by atoms with E-state index in [0.29, 0.717) is 42.8 Å². The van der Waals surface area contributed by atoms with E-state index in [1.54, 1.807) is 61.5 Å². The van der Waals surface area contributed by atoms with Gasteiger partial charge in [0.2, 0.25) is 0 Å². The van der Waals surface area contributed by atoms with E-state index in [4.69, 9.17) is 32.7 Å². The predicted molar refractivity (Wildman–Crippen MR) is 142 cm³/mol. The fourth-order valence-electron chi connectivity index (χ4n) is 3.57. The lowest BCUT2D eigenvalue weighted by Crippen LogP contribution is -2.54. The Balaban J connectivity index is 1.65. The van der Waals surface area contributed by atoms with Gasteiger partial charge in [-0.2, -0.15) is 0 Å². The molecule has 1 N–H and O–H groups in total. The molecule has 10 heteroatoms. The molecule has 4 rings (SSSR count). The van der Waals surface area contributed by atoms with E-state index < -0.39 is 17.8 Å². The summed E-state index contributed by atoms with van der Waals surface area (Å²) in [6.07, 6.45) is 1.39. The first-order chi connectivity index (χ1) is 17.2. The van der Waals surface area contributed by atoms with Crippen LogP contribution in [0.3, 0.4) is 0 Å². The Morgan fingerprint density at radius 1 is 1.00 bits per heavy atom. The number of nitrogens with zero attached hydrogens (tertiary/aromatic N) is 1. The zero-order chi connectivity index (χ0) is 26.0. The lowest BCUT2D eigenvalue weighted by Gasteiger charge is -2.27. The first-order valence-corrected chi connectivity index (χ1v) is 12.2. The highest BCUT2D eigenvalue weighted by Gasteiger charge is 2.37. The second-order valence-electron chi connectivity index (χ2n) is 7.81. The fraction of sp³-hybridized carbons (Fsp3) is 0.115. The van der Waals surface area contributed by atoms with Crippen molar-refractivity contribution in [3.8, 4) is 11.5 Å². The molecule has 1 fully saturated rings. The van der Waals surface area contributed by atoms with Gasteiger partial charge in [0.05, 0.1) is 22.8 Å². The van der Waals surface area contributed by atoms with Crippen LogP contribution < -0.4 is 19.7 Å². The summed E-state index contributed by atoms with van der Waals surface area (Å²) >= 11 is 15.5. The molecule has 1 aliphatic heterocycles. The Hall–Kier alpha value is -3.33. The molecular weight excluding hydrogens is 571 g/mol. The molecular formula is C26H19BrCl2N2O5. The van der Waals surface area contributed by atoms with Gasteiger partial charge >= 0.3 is 6.03 Å². The van der Waals surface area contributed by atoms with Gasteiger partial charge in [-0.1, -0.05) is 63.4 Å². The number of methoxy groups -OCH3 is 1. The smallest absolute Gasteiger partial charge is 0.335 e. The van der Waals surface area contributed by atoms with Gasteiger partial charge in [-0.05, 0) is 60.0 Å². The zero-order valence-electron chi connectivity index (χ0n) is 19.1. The van der Waals surface area contributed by atoms with Crippen LogP contribution in [0.15, 0.2) is 64.6 Å². The number of amides is 4. The van der Waals surface area contributed by atoms with Gasteiger partial charge < -0.3 is 9.47 Å². The largest absolute Gasteiger partial charge is 0.493 e. The number of barbiturate groups is 1. The Morgan fingerprint density at radius 2 is 1.75 bits per heavy atom. The van der Waals surface area contributed by atoms with Crippen LogP contribution in [0.2, 0.25) is 10.0 Å². The highest BCUT2D eigenvalue weighted by Crippen LogP contribution is 2.36. The maximum absolute atomic E-state index is 13.2. The van der Waals surface area contributed by atoms with Crippen LogP contribution in [-0.4, -0.2) is 25.0 Å². The number of carbonyl (C=O) groups excluding carboxylic acids is 3. The summed E-state index contributed by atoms with van der Waals surface area (Å²) in [6, 6.07) is 14.6. The lowest BCUT2D eigenvalue weighted by atomic mass is 10.1. The van der Waals surface area contributed by atoms with Crippen LogP contribution in [0.25, 0.3) is 6.08 Å². The summed E-state index contributed by atoms with van der Waals surface area (Å²) in [5, 5.41) is 3.09. The average molecular weight is 590 g/mol. The molecule has 3 aromatic rings. The predicted octanol–water partition coefficient (Wildman–Crippen LogP) is 6.32. The van der Waals surface area contributed by atoms with Gasteiger partial charge in [0.25, 0.3) is 11.8 Å². The molecule has 36 heavy (non-hydrogen) atoms. The molecule has 4 amide bonds. The Morgan fingerprint density at radius 3 is 2.44 bits per heavy atom. The van der Waals surface area contributed by atoms with Crippen molar-refractivity contribution in [1.29, 1.82) is 0 Å². The van der Waals surface area contributed by atoms with E-state index in [-0.39, 0.29) is 12.2 Å². The Labute approximate surface area is 225 Å². The van der Waals surface area contributed by atoms with Crippen LogP contribution in [-0.2, 0) is 16.2 Å². The summed E-state index contributed by atoms with van der Waals surface area (Å²) in [6.45, 7) is 1.97. The maximum Gasteiger partial charge on any atom is 0.335 e. The molecule has 0 atom stereocenters. The number of hydrogen-bond acceptors (Lipinski definition) is 5. The molecule has 7 nitrogen and oxygen atoms in total. The summed E-state index contributed by atoms with van der Waals surface area (Å²) in [5.41, 5.74) is 2.18. The number of anilines is 1. The monoisotopic (exact) mass is 588 g/mol. The number of urea groups is 1. The van der Waals surface area contributed by atoms with Gasteiger partial charge in [-0.15, -0.1) is 0 Å². The van der Waals surface area contributed by atoms with Gasteiger partial charge in [0, 0.05) is 4.47 Å². The molecule has 1 aliphatic rings. The molecule has 0 spiro atoms. The van der Waals surface area contributed by atoms with Crippen LogP contribution in [0.1, 0.15) is 16.7 Å². The van der Waals surface area contributed by atoms with E-state index in [0.717, 1.165) is 10.5 Å². The standard InChI is InChI=1S/C26H19BrCl2N2O5/c1-14-5-3-4-6-21(14)31-25(33)17(24(32)30-26(31)34)10-16-11-22(35-2)23(12-18(16)27)36-13-15-7-8-19(28)20(29)9-15/h3-12H,13H2,1-2H3,(H,30,32,34)/b17-10+. The van der Waals surface area contributed by atoms with Crippen molar-refractivity contribution in [2.75, 3.05) is 12.0 Å². The van der Waals surface area contributed by atoms with Crippen LogP contribution >= 0.6 is 39.1 Å². The molecule has 1 saturated heterocycles. The lowest BCUT2D eigenvalue weighted by molar-refractivity contribution is -0.122.